The number of benzene rings is 2. The number of hydrogen-bond acceptors (Lipinski definition) is 4. The summed E-state index contributed by atoms with van der Waals surface area (Å²) in [6.45, 7) is 5.81. The van der Waals surface area contributed by atoms with E-state index in [9.17, 15) is 9.59 Å². The summed E-state index contributed by atoms with van der Waals surface area (Å²) >= 11 is 2.20. The number of nitrogens with one attached hydrogen (secondary N) is 1. The van der Waals surface area contributed by atoms with Crippen molar-refractivity contribution in [1.29, 1.82) is 0 Å². The first kappa shape index (κ1) is 22.6. The Morgan fingerprint density at radius 2 is 1.60 bits per heavy atom. The average Bonchev–Trinajstić information content (AvgIpc) is 3.02. The maximum Gasteiger partial charge on any atom is 0.407 e. The van der Waals surface area contributed by atoms with Gasteiger partial charge in [-0.3, -0.25) is 4.79 Å². The van der Waals surface area contributed by atoms with Crippen LogP contribution in [-0.2, 0) is 14.3 Å². The first-order chi connectivity index (χ1) is 14.3. The molecule has 0 radical (unpaired) electrons. The predicted molar refractivity (Wildman–Crippen MR) is 126 cm³/mol. The maximum absolute atomic E-state index is 12.4. The van der Waals surface area contributed by atoms with E-state index in [2.05, 4.69) is 52.2 Å². The molecule has 0 aromatic heterocycles. The van der Waals surface area contributed by atoms with Crippen molar-refractivity contribution in [2.75, 3.05) is 11.0 Å². The molecule has 1 unspecified atom stereocenters. The monoisotopic (exact) mass is 521 g/mol. The third kappa shape index (κ3) is 5.74. The van der Waals surface area contributed by atoms with E-state index in [1.807, 2.05) is 45.0 Å². The molecule has 3 rings (SSSR count). The zero-order chi connectivity index (χ0) is 21.7. The second kappa shape index (κ2) is 9.81. The summed E-state index contributed by atoms with van der Waals surface area (Å²) in [5.41, 5.74) is 4.26. The molecule has 160 valence electrons. The zero-order valence-corrected chi connectivity index (χ0v) is 19.8. The number of rotatable bonds is 7. The van der Waals surface area contributed by atoms with Crippen LogP contribution in [0.1, 0.15) is 50.7 Å². The van der Waals surface area contributed by atoms with Gasteiger partial charge in [-0.2, -0.15) is 0 Å². The number of carbonyl (C=O) groups excluding carboxylic acids is 2. The smallest absolute Gasteiger partial charge is 0.407 e. The number of alkyl carbamates (subject to hydrolysis) is 1. The Labute approximate surface area is 191 Å². The maximum atomic E-state index is 12.4. The van der Waals surface area contributed by atoms with Gasteiger partial charge in [-0.25, -0.2) is 4.79 Å². The van der Waals surface area contributed by atoms with E-state index in [1.54, 1.807) is 0 Å². The van der Waals surface area contributed by atoms with Gasteiger partial charge in [0.05, 0.1) is 0 Å². The molecule has 0 heterocycles. The summed E-state index contributed by atoms with van der Waals surface area (Å²) < 4.78 is 11.6. The molecule has 1 N–H and O–H groups in total. The molecule has 1 amide bonds. The second-order valence-electron chi connectivity index (χ2n) is 8.45. The van der Waals surface area contributed by atoms with Gasteiger partial charge in [0.1, 0.15) is 12.2 Å². The van der Waals surface area contributed by atoms with Crippen LogP contribution in [0.4, 0.5) is 4.79 Å². The van der Waals surface area contributed by atoms with E-state index in [0.29, 0.717) is 10.8 Å². The lowest BCUT2D eigenvalue weighted by Crippen LogP contribution is -2.37. The minimum absolute atomic E-state index is 0.0305. The average molecular weight is 521 g/mol. The van der Waals surface area contributed by atoms with Crippen molar-refractivity contribution < 1.29 is 19.1 Å². The number of ether oxygens (including phenoxy) is 2. The van der Waals surface area contributed by atoms with Crippen LogP contribution in [0.2, 0.25) is 0 Å². The van der Waals surface area contributed by atoms with E-state index < -0.39 is 11.7 Å². The van der Waals surface area contributed by atoms with Crippen molar-refractivity contribution in [3.05, 3.63) is 59.7 Å². The van der Waals surface area contributed by atoms with Gasteiger partial charge in [-0.15, -0.1) is 0 Å². The lowest BCUT2D eigenvalue weighted by atomic mass is 9.98. The van der Waals surface area contributed by atoms with Crippen LogP contribution in [0.5, 0.6) is 0 Å². The largest absolute Gasteiger partial charge is 0.460 e. The third-order valence-corrected chi connectivity index (χ3v) is 6.03. The molecule has 6 heteroatoms. The van der Waals surface area contributed by atoms with Gasteiger partial charge < -0.3 is 14.8 Å². The minimum Gasteiger partial charge on any atom is -0.460 e. The molecule has 1 aliphatic rings. The molecule has 0 fully saturated rings. The molecule has 2 aromatic rings. The van der Waals surface area contributed by atoms with Crippen LogP contribution in [0.25, 0.3) is 11.1 Å². The van der Waals surface area contributed by atoms with Crippen molar-refractivity contribution in [3.8, 4) is 11.1 Å². The number of hydrogen-bond donors (Lipinski definition) is 1. The summed E-state index contributed by atoms with van der Waals surface area (Å²) in [5, 5.41) is 2.88. The van der Waals surface area contributed by atoms with E-state index in [0.717, 1.165) is 0 Å². The van der Waals surface area contributed by atoms with Crippen LogP contribution in [0, 0.1) is 0 Å². The van der Waals surface area contributed by atoms with Crippen molar-refractivity contribution in [2.24, 2.45) is 0 Å². The number of halogens is 1. The topological polar surface area (TPSA) is 64.6 Å². The SMILES string of the molecule is CC(C)(C)OC(=O)CCC(CI)NC(=O)OCC1c2ccccc2-c2ccccc21. The Morgan fingerprint density at radius 3 is 2.13 bits per heavy atom. The number of fused-ring (bicyclic) bond motifs is 3. The fourth-order valence-electron chi connectivity index (χ4n) is 3.68. The normalized spacial score (nSPS) is 13.9. The molecule has 0 bridgehead atoms. The Morgan fingerprint density at radius 1 is 1.03 bits per heavy atom. The van der Waals surface area contributed by atoms with Crippen molar-refractivity contribution >= 4 is 34.7 Å². The Hall–Kier alpha value is -2.09. The van der Waals surface area contributed by atoms with Crippen LogP contribution in [0.3, 0.4) is 0 Å². The fourth-order valence-corrected chi connectivity index (χ4v) is 4.34. The molecule has 0 spiro atoms. The van der Waals surface area contributed by atoms with Gasteiger partial charge in [0.25, 0.3) is 0 Å². The lowest BCUT2D eigenvalue weighted by Gasteiger charge is -2.21. The highest BCUT2D eigenvalue weighted by Gasteiger charge is 2.29. The summed E-state index contributed by atoms with van der Waals surface area (Å²) in [7, 11) is 0. The Balaban J connectivity index is 1.55. The van der Waals surface area contributed by atoms with Gasteiger partial charge in [-0.05, 0) is 49.4 Å². The van der Waals surface area contributed by atoms with E-state index in [1.165, 1.54) is 22.3 Å². The highest BCUT2D eigenvalue weighted by molar-refractivity contribution is 14.1. The fraction of sp³-hybridized carbons (Fsp3) is 0.417. The molecule has 0 saturated heterocycles. The van der Waals surface area contributed by atoms with Crippen LogP contribution in [-0.4, -0.2) is 34.7 Å². The minimum atomic E-state index is -0.503. The van der Waals surface area contributed by atoms with Gasteiger partial charge in [0.2, 0.25) is 0 Å². The predicted octanol–water partition coefficient (Wildman–Crippen LogP) is 5.45. The zero-order valence-electron chi connectivity index (χ0n) is 17.6. The van der Waals surface area contributed by atoms with Gasteiger partial charge in [-0.1, -0.05) is 71.1 Å². The van der Waals surface area contributed by atoms with Crippen LogP contribution in [0.15, 0.2) is 48.5 Å². The molecule has 1 aliphatic carbocycles. The highest BCUT2D eigenvalue weighted by Crippen LogP contribution is 2.44. The summed E-state index contributed by atoms with van der Waals surface area (Å²) in [6, 6.07) is 16.3. The van der Waals surface area contributed by atoms with E-state index in [-0.39, 0.29) is 31.0 Å². The number of esters is 1. The number of carbonyl (C=O) groups is 2. The number of amides is 1. The molecule has 30 heavy (non-hydrogen) atoms. The van der Waals surface area contributed by atoms with E-state index >= 15 is 0 Å². The number of alkyl halides is 1. The second-order valence-corrected chi connectivity index (χ2v) is 9.33. The molecule has 5 nitrogen and oxygen atoms in total. The first-order valence-electron chi connectivity index (χ1n) is 10.2. The van der Waals surface area contributed by atoms with Crippen LogP contribution >= 0.6 is 22.6 Å². The molecule has 2 aromatic carbocycles. The molecule has 0 saturated carbocycles. The lowest BCUT2D eigenvalue weighted by molar-refractivity contribution is -0.155. The van der Waals surface area contributed by atoms with Gasteiger partial charge >= 0.3 is 12.1 Å². The Bertz CT molecular complexity index is 861. The standard InChI is InChI=1S/C24H28INO4/c1-24(2,3)30-22(27)13-12-16(14-25)26-23(28)29-15-21-19-10-6-4-8-17(19)18-9-5-7-11-20(18)21/h4-11,16,21H,12-15H2,1-3H3,(H,26,28). The molecule has 1 atom stereocenters. The van der Waals surface area contributed by atoms with E-state index in [4.69, 9.17) is 9.47 Å². The molecular weight excluding hydrogens is 493 g/mol. The van der Waals surface area contributed by atoms with Crippen molar-refractivity contribution in [1.82, 2.24) is 5.32 Å². The summed E-state index contributed by atoms with van der Waals surface area (Å²) in [4.78, 5) is 24.3. The highest BCUT2D eigenvalue weighted by atomic mass is 127. The summed E-state index contributed by atoms with van der Waals surface area (Å²) in [5.74, 6) is -0.227. The molecule has 0 aliphatic heterocycles. The third-order valence-electron chi connectivity index (χ3n) is 4.97. The van der Waals surface area contributed by atoms with Gasteiger partial charge in [0, 0.05) is 22.8 Å². The molecular formula is C24H28INO4. The van der Waals surface area contributed by atoms with Gasteiger partial charge in [0.15, 0.2) is 0 Å². The van der Waals surface area contributed by atoms with Crippen molar-refractivity contribution in [2.45, 2.75) is 51.2 Å². The first-order valence-corrected chi connectivity index (χ1v) is 11.7. The van der Waals surface area contributed by atoms with Crippen molar-refractivity contribution in [3.63, 3.8) is 0 Å². The summed E-state index contributed by atoms with van der Waals surface area (Å²) in [6.07, 6.45) is 0.319. The Kier molecular flexibility index (Phi) is 7.39. The quantitative estimate of drug-likeness (QED) is 0.299. The van der Waals surface area contributed by atoms with Crippen LogP contribution < -0.4 is 5.32 Å².